The number of methoxy groups -OCH3 is 1. The zero-order valence-corrected chi connectivity index (χ0v) is 11.4. The molecule has 0 aliphatic carbocycles. The number of nitrogens with one attached hydrogen (secondary N) is 2. The van der Waals surface area contributed by atoms with Crippen molar-refractivity contribution in [1.29, 1.82) is 0 Å². The molecule has 0 unspecified atom stereocenters. The van der Waals surface area contributed by atoms with Crippen LogP contribution >= 0.6 is 0 Å². The second-order valence-electron chi connectivity index (χ2n) is 4.36. The van der Waals surface area contributed by atoms with Gasteiger partial charge in [-0.3, -0.25) is 10.6 Å². The Labute approximate surface area is 117 Å². The summed E-state index contributed by atoms with van der Waals surface area (Å²) in [6.45, 7) is 1.89. The van der Waals surface area contributed by atoms with Crippen molar-refractivity contribution in [3.63, 3.8) is 0 Å². The van der Waals surface area contributed by atoms with E-state index in [1.54, 1.807) is 31.4 Å². The van der Waals surface area contributed by atoms with Crippen LogP contribution in [0.1, 0.15) is 15.9 Å². The fourth-order valence-electron chi connectivity index (χ4n) is 1.87. The van der Waals surface area contributed by atoms with Crippen LogP contribution in [0, 0.1) is 6.92 Å². The van der Waals surface area contributed by atoms with Gasteiger partial charge in [0.15, 0.2) is 0 Å². The first kappa shape index (κ1) is 13.9. The minimum Gasteiger partial charge on any atom is -0.497 e. The maximum absolute atomic E-state index is 12.2. The molecule has 0 bridgehead atoms. The van der Waals surface area contributed by atoms with Gasteiger partial charge in [0.2, 0.25) is 0 Å². The molecule has 2 aromatic carbocycles. The molecule has 0 aliphatic heterocycles. The van der Waals surface area contributed by atoms with Crippen molar-refractivity contribution < 1.29 is 9.53 Å². The first-order chi connectivity index (χ1) is 9.63. The molecule has 0 aliphatic rings. The van der Waals surface area contributed by atoms with E-state index < -0.39 is 0 Å². The quantitative estimate of drug-likeness (QED) is 0.590. The number of amides is 1. The Bertz CT molecular complexity index is 626. The van der Waals surface area contributed by atoms with Crippen molar-refractivity contribution in [3.8, 4) is 5.75 Å². The average molecular weight is 271 g/mol. The van der Waals surface area contributed by atoms with Gasteiger partial charge in [-0.05, 0) is 42.8 Å². The topological polar surface area (TPSA) is 76.4 Å². The predicted octanol–water partition coefficient (Wildman–Crippen LogP) is 2.54. The van der Waals surface area contributed by atoms with E-state index in [4.69, 9.17) is 10.6 Å². The van der Waals surface area contributed by atoms with E-state index >= 15 is 0 Å². The minimum atomic E-state index is -0.176. The van der Waals surface area contributed by atoms with Crippen molar-refractivity contribution >= 4 is 17.3 Å². The van der Waals surface area contributed by atoms with E-state index in [-0.39, 0.29) is 5.91 Å². The Morgan fingerprint density at radius 3 is 2.65 bits per heavy atom. The zero-order chi connectivity index (χ0) is 14.5. The highest BCUT2D eigenvalue weighted by Gasteiger charge is 2.08. The molecular formula is C15H17N3O2. The lowest BCUT2D eigenvalue weighted by Crippen LogP contribution is -2.13. The van der Waals surface area contributed by atoms with Gasteiger partial charge in [-0.1, -0.05) is 6.07 Å². The number of benzene rings is 2. The first-order valence-electron chi connectivity index (χ1n) is 6.16. The van der Waals surface area contributed by atoms with E-state index in [0.717, 1.165) is 11.3 Å². The van der Waals surface area contributed by atoms with E-state index in [9.17, 15) is 4.79 Å². The van der Waals surface area contributed by atoms with Crippen LogP contribution in [-0.2, 0) is 0 Å². The summed E-state index contributed by atoms with van der Waals surface area (Å²) < 4.78 is 5.12. The Kier molecular flexibility index (Phi) is 4.22. The van der Waals surface area contributed by atoms with Crippen LogP contribution in [0.15, 0.2) is 42.5 Å². The number of aryl methyl sites for hydroxylation is 1. The number of hydrogen-bond donors (Lipinski definition) is 3. The Hall–Kier alpha value is -2.53. The zero-order valence-electron chi connectivity index (χ0n) is 11.4. The highest BCUT2D eigenvalue weighted by Crippen LogP contribution is 2.19. The maximum atomic E-state index is 12.2. The summed E-state index contributed by atoms with van der Waals surface area (Å²) in [4.78, 5) is 12.2. The van der Waals surface area contributed by atoms with E-state index in [0.29, 0.717) is 17.0 Å². The SMILES string of the molecule is COc1cccc(NC(=O)c2ccc(NN)c(C)c2)c1. The molecule has 5 nitrogen and oxygen atoms in total. The summed E-state index contributed by atoms with van der Waals surface area (Å²) >= 11 is 0. The summed E-state index contributed by atoms with van der Waals surface area (Å²) in [5, 5.41) is 2.83. The van der Waals surface area contributed by atoms with Gasteiger partial charge in [0.05, 0.1) is 12.8 Å². The van der Waals surface area contributed by atoms with Crippen molar-refractivity contribution in [2.24, 2.45) is 5.84 Å². The molecule has 20 heavy (non-hydrogen) atoms. The van der Waals surface area contributed by atoms with Crippen LogP contribution in [0.4, 0.5) is 11.4 Å². The van der Waals surface area contributed by atoms with Crippen LogP contribution in [-0.4, -0.2) is 13.0 Å². The van der Waals surface area contributed by atoms with Crippen molar-refractivity contribution in [1.82, 2.24) is 0 Å². The molecular weight excluding hydrogens is 254 g/mol. The van der Waals surface area contributed by atoms with Gasteiger partial charge < -0.3 is 15.5 Å². The molecule has 4 N–H and O–H groups in total. The molecule has 104 valence electrons. The number of nitrogen functional groups attached to an aromatic ring is 1. The number of rotatable bonds is 4. The van der Waals surface area contributed by atoms with Crippen LogP contribution in [0.25, 0.3) is 0 Å². The van der Waals surface area contributed by atoms with Gasteiger partial charge in [0.25, 0.3) is 5.91 Å². The number of carbonyl (C=O) groups excluding carboxylic acids is 1. The third-order valence-corrected chi connectivity index (χ3v) is 2.97. The summed E-state index contributed by atoms with van der Waals surface area (Å²) in [6, 6.07) is 12.5. The standard InChI is InChI=1S/C15H17N3O2/c1-10-8-11(6-7-14(10)18-16)15(19)17-12-4-3-5-13(9-12)20-2/h3-9,18H,16H2,1-2H3,(H,17,19). The van der Waals surface area contributed by atoms with Gasteiger partial charge in [-0.15, -0.1) is 0 Å². The first-order valence-corrected chi connectivity index (χ1v) is 6.16. The molecule has 0 aromatic heterocycles. The van der Waals surface area contributed by atoms with E-state index in [2.05, 4.69) is 10.7 Å². The lowest BCUT2D eigenvalue weighted by Gasteiger charge is -2.09. The summed E-state index contributed by atoms with van der Waals surface area (Å²) in [6.07, 6.45) is 0. The number of hydrogen-bond acceptors (Lipinski definition) is 4. The van der Waals surface area contributed by atoms with Gasteiger partial charge in [-0.2, -0.15) is 0 Å². The second kappa shape index (κ2) is 6.08. The molecule has 2 rings (SSSR count). The Morgan fingerprint density at radius 1 is 1.20 bits per heavy atom. The van der Waals surface area contributed by atoms with Crippen molar-refractivity contribution in [2.75, 3.05) is 17.9 Å². The van der Waals surface area contributed by atoms with Gasteiger partial charge in [0.1, 0.15) is 5.75 Å². The molecule has 0 fully saturated rings. The highest BCUT2D eigenvalue weighted by molar-refractivity contribution is 6.04. The maximum Gasteiger partial charge on any atom is 0.255 e. The van der Waals surface area contributed by atoms with Gasteiger partial charge in [0, 0.05) is 17.3 Å². The predicted molar refractivity (Wildman–Crippen MR) is 79.9 cm³/mol. The number of ether oxygens (including phenoxy) is 1. The summed E-state index contributed by atoms with van der Waals surface area (Å²) in [5.41, 5.74) is 5.54. The van der Waals surface area contributed by atoms with Gasteiger partial charge >= 0.3 is 0 Å². The number of anilines is 2. The number of carbonyl (C=O) groups is 1. The second-order valence-corrected chi connectivity index (χ2v) is 4.36. The number of hydrazine groups is 1. The monoisotopic (exact) mass is 271 g/mol. The Morgan fingerprint density at radius 2 is 2.00 bits per heavy atom. The molecule has 0 heterocycles. The fourth-order valence-corrected chi connectivity index (χ4v) is 1.87. The van der Waals surface area contributed by atoms with Gasteiger partial charge in [-0.25, -0.2) is 0 Å². The average Bonchev–Trinajstić information content (AvgIpc) is 2.47. The molecule has 0 atom stereocenters. The summed E-state index contributed by atoms with van der Waals surface area (Å²) in [5.74, 6) is 5.89. The number of nitrogens with two attached hydrogens (primary N) is 1. The molecule has 1 amide bonds. The minimum absolute atomic E-state index is 0.176. The largest absolute Gasteiger partial charge is 0.497 e. The normalized spacial score (nSPS) is 9.95. The van der Waals surface area contributed by atoms with Crippen molar-refractivity contribution in [3.05, 3.63) is 53.6 Å². The van der Waals surface area contributed by atoms with Crippen LogP contribution in [0.3, 0.4) is 0 Å². The lowest BCUT2D eigenvalue weighted by molar-refractivity contribution is 0.102. The molecule has 0 spiro atoms. The van der Waals surface area contributed by atoms with E-state index in [1.807, 2.05) is 25.1 Å². The van der Waals surface area contributed by atoms with Crippen molar-refractivity contribution in [2.45, 2.75) is 6.92 Å². The smallest absolute Gasteiger partial charge is 0.255 e. The Balaban J connectivity index is 2.17. The molecule has 0 saturated heterocycles. The van der Waals surface area contributed by atoms with Crippen LogP contribution in [0.5, 0.6) is 5.75 Å². The molecule has 0 saturated carbocycles. The van der Waals surface area contributed by atoms with E-state index in [1.165, 1.54) is 0 Å². The third-order valence-electron chi connectivity index (χ3n) is 2.97. The fraction of sp³-hybridized carbons (Fsp3) is 0.133. The molecule has 5 heteroatoms. The lowest BCUT2D eigenvalue weighted by atomic mass is 10.1. The van der Waals surface area contributed by atoms with Crippen LogP contribution in [0.2, 0.25) is 0 Å². The highest BCUT2D eigenvalue weighted by atomic mass is 16.5. The third kappa shape index (κ3) is 3.07. The molecule has 0 radical (unpaired) electrons. The van der Waals surface area contributed by atoms with Crippen LogP contribution < -0.4 is 21.3 Å². The summed E-state index contributed by atoms with van der Waals surface area (Å²) in [7, 11) is 1.59. The molecule has 2 aromatic rings.